The molecule has 4 rings (SSSR count). The van der Waals surface area contributed by atoms with Crippen molar-refractivity contribution in [1.82, 2.24) is 0 Å². The Morgan fingerprint density at radius 3 is 2.22 bits per heavy atom. The van der Waals surface area contributed by atoms with Crippen LogP contribution in [0.15, 0.2) is 77.5 Å². The van der Waals surface area contributed by atoms with Crippen LogP contribution in [0, 0.1) is 0 Å². The molecule has 0 unspecified atom stereocenters. The van der Waals surface area contributed by atoms with Crippen LogP contribution in [0.4, 0.5) is 11.4 Å². The first kappa shape index (κ1) is 25.2. The van der Waals surface area contributed by atoms with E-state index in [-0.39, 0.29) is 38.3 Å². The Labute approximate surface area is 219 Å². The molecular formula is C25H15Cl3N2O6. The molecule has 0 bridgehead atoms. The molecule has 0 aromatic heterocycles. The quantitative estimate of drug-likeness (QED) is 0.250. The maximum Gasteiger partial charge on any atom is 0.343 e. The number of esters is 2. The molecule has 1 N–H and O–H groups in total. The van der Waals surface area contributed by atoms with Crippen LogP contribution in [0.5, 0.6) is 5.75 Å². The second-order valence-corrected chi connectivity index (χ2v) is 8.53. The summed E-state index contributed by atoms with van der Waals surface area (Å²) in [7, 11) is 1.19. The Balaban J connectivity index is 1.52. The summed E-state index contributed by atoms with van der Waals surface area (Å²) in [6.45, 7) is 0. The number of amides is 2. The van der Waals surface area contributed by atoms with Crippen LogP contribution in [0.1, 0.15) is 20.7 Å². The van der Waals surface area contributed by atoms with Gasteiger partial charge in [0.25, 0.3) is 11.8 Å². The Morgan fingerprint density at radius 2 is 1.56 bits per heavy atom. The van der Waals surface area contributed by atoms with Gasteiger partial charge < -0.3 is 14.8 Å². The molecule has 3 aromatic rings. The second-order valence-electron chi connectivity index (χ2n) is 7.31. The van der Waals surface area contributed by atoms with Gasteiger partial charge in [0.15, 0.2) is 0 Å². The average Bonchev–Trinajstić information content (AvgIpc) is 3.08. The molecule has 8 nitrogen and oxygen atoms in total. The van der Waals surface area contributed by atoms with Crippen molar-refractivity contribution in [2.24, 2.45) is 0 Å². The number of ether oxygens (including phenoxy) is 2. The zero-order valence-electron chi connectivity index (χ0n) is 18.4. The molecule has 182 valence electrons. The standard InChI is InChI=1S/C25H15Cl3N2O6/c1-35-25(34)16-4-2-3-5-18(16)30-22(31)20(28)21(23(30)32)29-15-9-6-13(7-10-15)24(33)36-19-11-8-14(26)12-17(19)27/h2-12,29H,1H3. The van der Waals surface area contributed by atoms with Crippen LogP contribution >= 0.6 is 34.8 Å². The summed E-state index contributed by atoms with van der Waals surface area (Å²) in [4.78, 5) is 51.2. The van der Waals surface area contributed by atoms with E-state index < -0.39 is 23.8 Å². The fraction of sp³-hybridized carbons (Fsp3) is 0.0400. The van der Waals surface area contributed by atoms with Gasteiger partial charge in [-0.15, -0.1) is 0 Å². The first-order valence-corrected chi connectivity index (χ1v) is 11.3. The maximum absolute atomic E-state index is 13.1. The molecule has 0 fully saturated rings. The van der Waals surface area contributed by atoms with Gasteiger partial charge in [0.05, 0.1) is 28.9 Å². The molecule has 2 amide bonds. The Bertz CT molecular complexity index is 1440. The first-order valence-electron chi connectivity index (χ1n) is 10.2. The van der Waals surface area contributed by atoms with Crippen LogP contribution in [-0.2, 0) is 14.3 Å². The summed E-state index contributed by atoms with van der Waals surface area (Å²) in [6, 6.07) is 16.4. The summed E-state index contributed by atoms with van der Waals surface area (Å²) in [5, 5.41) is 3.01. The molecule has 1 heterocycles. The number of nitrogens with one attached hydrogen (secondary N) is 1. The molecule has 1 aliphatic rings. The highest BCUT2D eigenvalue weighted by atomic mass is 35.5. The van der Waals surface area contributed by atoms with E-state index in [1.165, 1.54) is 61.7 Å². The SMILES string of the molecule is COC(=O)c1ccccc1N1C(=O)C(Cl)=C(Nc2ccc(C(=O)Oc3ccc(Cl)cc3Cl)cc2)C1=O. The minimum atomic E-state index is -0.805. The third-order valence-electron chi connectivity index (χ3n) is 5.06. The van der Waals surface area contributed by atoms with Crippen molar-refractivity contribution in [1.29, 1.82) is 0 Å². The third-order valence-corrected chi connectivity index (χ3v) is 5.95. The van der Waals surface area contributed by atoms with Crippen molar-refractivity contribution in [3.8, 4) is 5.75 Å². The van der Waals surface area contributed by atoms with Gasteiger partial charge in [-0.1, -0.05) is 46.9 Å². The number of para-hydroxylation sites is 1. The van der Waals surface area contributed by atoms with Crippen molar-refractivity contribution in [3.63, 3.8) is 0 Å². The van der Waals surface area contributed by atoms with Crippen molar-refractivity contribution >= 4 is 69.9 Å². The zero-order valence-corrected chi connectivity index (χ0v) is 20.6. The number of halogens is 3. The molecule has 36 heavy (non-hydrogen) atoms. The number of anilines is 2. The highest BCUT2D eigenvalue weighted by Gasteiger charge is 2.40. The first-order chi connectivity index (χ1) is 17.2. The van der Waals surface area contributed by atoms with Gasteiger partial charge >= 0.3 is 11.9 Å². The molecule has 0 atom stereocenters. The van der Waals surface area contributed by atoms with E-state index >= 15 is 0 Å². The molecule has 0 aliphatic carbocycles. The van der Waals surface area contributed by atoms with Gasteiger partial charge in [-0.3, -0.25) is 9.59 Å². The van der Waals surface area contributed by atoms with Gasteiger partial charge in [0.2, 0.25) is 0 Å². The average molecular weight is 546 g/mol. The molecule has 0 saturated heterocycles. The van der Waals surface area contributed by atoms with Gasteiger partial charge in [-0.25, -0.2) is 14.5 Å². The summed E-state index contributed by atoms with van der Waals surface area (Å²) in [5.74, 6) is -2.80. The van der Waals surface area contributed by atoms with Crippen LogP contribution in [0.25, 0.3) is 0 Å². The highest BCUT2D eigenvalue weighted by molar-refractivity contribution is 6.53. The lowest BCUT2D eigenvalue weighted by molar-refractivity contribution is -0.120. The summed E-state index contributed by atoms with van der Waals surface area (Å²) >= 11 is 18.1. The molecule has 1 aliphatic heterocycles. The summed E-state index contributed by atoms with van der Waals surface area (Å²) in [6.07, 6.45) is 0. The van der Waals surface area contributed by atoms with Crippen molar-refractivity contribution in [2.75, 3.05) is 17.3 Å². The van der Waals surface area contributed by atoms with E-state index in [1.807, 2.05) is 0 Å². The highest BCUT2D eigenvalue weighted by Crippen LogP contribution is 2.33. The van der Waals surface area contributed by atoms with E-state index in [0.717, 1.165) is 4.90 Å². The number of carbonyl (C=O) groups excluding carboxylic acids is 4. The smallest absolute Gasteiger partial charge is 0.343 e. The van der Waals surface area contributed by atoms with E-state index in [4.69, 9.17) is 44.3 Å². The van der Waals surface area contributed by atoms with Crippen LogP contribution in [-0.4, -0.2) is 30.9 Å². The van der Waals surface area contributed by atoms with Crippen molar-refractivity contribution in [3.05, 3.63) is 98.6 Å². The summed E-state index contributed by atoms with van der Waals surface area (Å²) in [5.41, 5.74) is 0.441. The predicted molar refractivity (Wildman–Crippen MR) is 135 cm³/mol. The van der Waals surface area contributed by atoms with Crippen molar-refractivity contribution < 1.29 is 28.7 Å². The van der Waals surface area contributed by atoms with Gasteiger partial charge in [-0.05, 0) is 54.6 Å². The van der Waals surface area contributed by atoms with Gasteiger partial charge in [-0.2, -0.15) is 0 Å². The number of rotatable bonds is 6. The third kappa shape index (κ3) is 4.92. The number of hydrogen-bond donors (Lipinski definition) is 1. The minimum absolute atomic E-state index is 0.0241. The fourth-order valence-corrected chi connectivity index (χ4v) is 3.99. The number of imide groups is 1. The Hall–Kier alpha value is -3.85. The minimum Gasteiger partial charge on any atom is -0.465 e. The lowest BCUT2D eigenvalue weighted by Gasteiger charge is -2.17. The Morgan fingerprint density at radius 1 is 0.861 bits per heavy atom. The van der Waals surface area contributed by atoms with Crippen LogP contribution < -0.4 is 15.0 Å². The zero-order chi connectivity index (χ0) is 26.0. The number of nitrogens with zero attached hydrogens (tertiary/aromatic N) is 1. The maximum atomic E-state index is 13.1. The second kappa shape index (κ2) is 10.4. The van der Waals surface area contributed by atoms with Gasteiger partial charge in [0.1, 0.15) is 16.5 Å². The lowest BCUT2D eigenvalue weighted by atomic mass is 10.1. The molecular weight excluding hydrogens is 531 g/mol. The van der Waals surface area contributed by atoms with Gasteiger partial charge in [0, 0.05) is 10.7 Å². The van der Waals surface area contributed by atoms with E-state index in [0.29, 0.717) is 10.7 Å². The van der Waals surface area contributed by atoms with Crippen molar-refractivity contribution in [2.45, 2.75) is 0 Å². The molecule has 0 radical (unpaired) electrons. The predicted octanol–water partition coefficient (Wildman–Crippen LogP) is 5.43. The molecule has 0 spiro atoms. The lowest BCUT2D eigenvalue weighted by Crippen LogP contribution is -2.33. The molecule has 11 heteroatoms. The largest absolute Gasteiger partial charge is 0.465 e. The molecule has 0 saturated carbocycles. The van der Waals surface area contributed by atoms with Crippen LogP contribution in [0.2, 0.25) is 10.0 Å². The topological polar surface area (TPSA) is 102 Å². The monoisotopic (exact) mass is 544 g/mol. The van der Waals surface area contributed by atoms with Crippen LogP contribution in [0.3, 0.4) is 0 Å². The Kier molecular flexibility index (Phi) is 7.30. The number of methoxy groups -OCH3 is 1. The van der Waals surface area contributed by atoms with E-state index in [2.05, 4.69) is 5.32 Å². The molecule has 3 aromatic carbocycles. The fourth-order valence-electron chi connectivity index (χ4n) is 3.33. The summed E-state index contributed by atoms with van der Waals surface area (Å²) < 4.78 is 10.0. The number of carbonyl (C=O) groups is 4. The number of benzene rings is 3. The van der Waals surface area contributed by atoms with E-state index in [9.17, 15) is 19.2 Å². The number of hydrogen-bond acceptors (Lipinski definition) is 7. The normalized spacial score (nSPS) is 13.2. The van der Waals surface area contributed by atoms with E-state index in [1.54, 1.807) is 12.1 Å².